The molecule has 6 nitrogen and oxygen atoms in total. The summed E-state index contributed by atoms with van der Waals surface area (Å²) < 4.78 is 16.4. The summed E-state index contributed by atoms with van der Waals surface area (Å²) in [6, 6.07) is 26.0. The molecule has 230 valence electrons. The van der Waals surface area contributed by atoms with Gasteiger partial charge in [-0.3, -0.25) is 9.36 Å². The fourth-order valence-corrected chi connectivity index (χ4v) is 6.05. The van der Waals surface area contributed by atoms with E-state index in [1.807, 2.05) is 72.9 Å². The van der Waals surface area contributed by atoms with Crippen LogP contribution in [0, 0.1) is 0 Å². The summed E-state index contributed by atoms with van der Waals surface area (Å²) in [6.07, 6.45) is 12.2. The van der Waals surface area contributed by atoms with Gasteiger partial charge in [-0.1, -0.05) is 117 Å². The Hall–Kier alpha value is -3.52. The lowest BCUT2D eigenvalue weighted by atomic mass is 10.1. The Labute approximate surface area is 269 Å². The number of hydrogen-bond acceptors (Lipinski definition) is 5. The highest BCUT2D eigenvalue weighted by molar-refractivity contribution is 7.93. The van der Waals surface area contributed by atoms with Gasteiger partial charge in [0.25, 0.3) is 5.56 Å². The first kappa shape index (κ1) is 31.9. The smallest absolute Gasteiger partial charge is 0.278 e. The molecule has 5 rings (SSSR count). The molecular formula is C36H40ClN3O3S. The molecule has 0 saturated heterocycles. The van der Waals surface area contributed by atoms with E-state index in [9.17, 15) is 4.79 Å². The molecule has 0 fully saturated rings. The number of unbranched alkanes of at least 4 members (excludes halogenated alkanes) is 7. The van der Waals surface area contributed by atoms with E-state index in [0.717, 1.165) is 65.1 Å². The topological polar surface area (TPSA) is 80.1 Å². The number of fused-ring (bicyclic) bond motifs is 1. The third-order valence-electron chi connectivity index (χ3n) is 7.81. The SMILES string of the molecule is O=c1c(Cc2ccc(OCCCCCCCCCCSO)c(Cl)c2)nc2c(Cc3ccccc3)[nH]c(-c3ccccc3)cn1-2. The molecule has 2 N–H and O–H groups in total. The van der Waals surface area contributed by atoms with Crippen LogP contribution in [0.1, 0.15) is 73.9 Å². The van der Waals surface area contributed by atoms with Crippen molar-refractivity contribution in [1.82, 2.24) is 14.5 Å². The van der Waals surface area contributed by atoms with Crippen molar-refractivity contribution in [2.24, 2.45) is 0 Å². The van der Waals surface area contributed by atoms with Gasteiger partial charge in [-0.2, -0.15) is 0 Å². The highest BCUT2D eigenvalue weighted by atomic mass is 35.5. The molecule has 3 aromatic rings. The van der Waals surface area contributed by atoms with Crippen LogP contribution < -0.4 is 10.3 Å². The predicted molar refractivity (Wildman–Crippen MR) is 182 cm³/mol. The second-order valence-corrected chi connectivity index (χ2v) is 12.3. The number of ether oxygens (including phenoxy) is 1. The van der Waals surface area contributed by atoms with Crippen LogP contribution in [0.4, 0.5) is 0 Å². The number of aromatic amines is 1. The lowest BCUT2D eigenvalue weighted by Gasteiger charge is -2.13. The Bertz CT molecular complexity index is 1620. The summed E-state index contributed by atoms with van der Waals surface area (Å²) in [6.45, 7) is 0.633. The zero-order valence-electron chi connectivity index (χ0n) is 25.0. The van der Waals surface area contributed by atoms with Gasteiger partial charge < -0.3 is 14.3 Å². The van der Waals surface area contributed by atoms with E-state index in [4.69, 9.17) is 25.9 Å². The van der Waals surface area contributed by atoms with E-state index >= 15 is 0 Å². The average Bonchev–Trinajstić information content (AvgIpc) is 3.36. The molecule has 0 saturated carbocycles. The molecular weight excluding hydrogens is 590 g/mol. The minimum atomic E-state index is -0.124. The molecule has 0 unspecified atom stereocenters. The molecule has 2 aliphatic rings. The fourth-order valence-electron chi connectivity index (χ4n) is 5.46. The minimum absolute atomic E-state index is 0.124. The van der Waals surface area contributed by atoms with Crippen molar-refractivity contribution < 1.29 is 9.29 Å². The highest BCUT2D eigenvalue weighted by Crippen LogP contribution is 2.28. The summed E-state index contributed by atoms with van der Waals surface area (Å²) in [5.74, 6) is 2.15. The third kappa shape index (κ3) is 8.78. The van der Waals surface area contributed by atoms with Crippen molar-refractivity contribution in [3.8, 4) is 22.8 Å². The van der Waals surface area contributed by atoms with Crippen LogP contribution in [0.3, 0.4) is 0 Å². The number of nitrogens with zero attached hydrogens (tertiary/aromatic N) is 2. The largest absolute Gasteiger partial charge is 0.492 e. The van der Waals surface area contributed by atoms with E-state index in [1.54, 1.807) is 4.57 Å². The minimum Gasteiger partial charge on any atom is -0.492 e. The maximum absolute atomic E-state index is 13.6. The van der Waals surface area contributed by atoms with Gasteiger partial charge in [0.2, 0.25) is 0 Å². The summed E-state index contributed by atoms with van der Waals surface area (Å²) in [4.78, 5) is 22.0. The standard InChI is InChI=1S/C36H40ClN3O3S/c37-30-23-28(19-20-34(30)43-21-13-5-3-1-2-4-6-14-22-44-42)25-32-36(41)40-26-33(29-17-11-8-12-18-29)38-31(35(40)39-32)24-27-15-9-7-10-16-27/h7-12,15-20,23,26,38,42H,1-6,13-14,21-22,24-25H2. The summed E-state index contributed by atoms with van der Waals surface area (Å²) in [5, 5.41) is 0.546. The van der Waals surface area contributed by atoms with Gasteiger partial charge in [-0.25, -0.2) is 4.98 Å². The van der Waals surface area contributed by atoms with Gasteiger partial charge in [-0.15, -0.1) is 0 Å². The van der Waals surface area contributed by atoms with Crippen molar-refractivity contribution >= 4 is 23.6 Å². The van der Waals surface area contributed by atoms with E-state index in [-0.39, 0.29) is 5.56 Å². The second kappa shape index (κ2) is 16.5. The molecule has 0 aromatic heterocycles. The van der Waals surface area contributed by atoms with Crippen molar-refractivity contribution in [3.63, 3.8) is 0 Å². The summed E-state index contributed by atoms with van der Waals surface area (Å²) in [5.41, 5.74) is 5.17. The fraction of sp³-hybridized carbons (Fsp3) is 0.333. The molecule has 0 radical (unpaired) electrons. The van der Waals surface area contributed by atoms with E-state index < -0.39 is 0 Å². The number of halogens is 1. The molecule has 8 heteroatoms. The van der Waals surface area contributed by atoms with Crippen molar-refractivity contribution in [2.45, 2.75) is 64.2 Å². The molecule has 2 heterocycles. The Morgan fingerprint density at radius 1 is 0.818 bits per heavy atom. The first-order chi connectivity index (χ1) is 21.6. The maximum Gasteiger partial charge on any atom is 0.278 e. The zero-order chi connectivity index (χ0) is 30.6. The monoisotopic (exact) mass is 629 g/mol. The van der Waals surface area contributed by atoms with Crippen LogP contribution in [-0.2, 0) is 12.8 Å². The lowest BCUT2D eigenvalue weighted by Crippen LogP contribution is -2.17. The molecule has 0 atom stereocenters. The molecule has 0 bridgehead atoms. The van der Waals surface area contributed by atoms with Crippen LogP contribution >= 0.6 is 23.6 Å². The van der Waals surface area contributed by atoms with Gasteiger partial charge >= 0.3 is 0 Å². The first-order valence-corrected chi connectivity index (χ1v) is 16.8. The van der Waals surface area contributed by atoms with Gasteiger partial charge in [0.1, 0.15) is 11.4 Å². The van der Waals surface area contributed by atoms with Gasteiger partial charge in [0, 0.05) is 24.8 Å². The van der Waals surface area contributed by atoms with Gasteiger partial charge in [0.15, 0.2) is 5.82 Å². The number of H-pyrrole nitrogens is 1. The maximum atomic E-state index is 13.6. The molecule has 0 aliphatic carbocycles. The average molecular weight is 630 g/mol. The van der Waals surface area contributed by atoms with Gasteiger partial charge in [-0.05, 0) is 53.7 Å². The number of imidazole rings is 1. The first-order valence-electron chi connectivity index (χ1n) is 15.5. The van der Waals surface area contributed by atoms with Crippen LogP contribution in [0.2, 0.25) is 5.02 Å². The number of nitrogens with one attached hydrogen (secondary N) is 1. The van der Waals surface area contributed by atoms with Gasteiger partial charge in [0.05, 0.1) is 23.0 Å². The van der Waals surface area contributed by atoms with E-state index in [0.29, 0.717) is 41.7 Å². The Morgan fingerprint density at radius 3 is 2.20 bits per heavy atom. The lowest BCUT2D eigenvalue weighted by molar-refractivity contribution is 0.304. The van der Waals surface area contributed by atoms with Crippen molar-refractivity contribution in [3.05, 3.63) is 123 Å². The summed E-state index contributed by atoms with van der Waals surface area (Å²) in [7, 11) is 0. The number of benzene rings is 3. The third-order valence-corrected chi connectivity index (χ3v) is 8.58. The van der Waals surface area contributed by atoms with Crippen molar-refractivity contribution in [2.75, 3.05) is 12.4 Å². The molecule has 0 spiro atoms. The Morgan fingerprint density at radius 2 is 1.50 bits per heavy atom. The number of rotatable bonds is 17. The number of hydrogen-bond donors (Lipinski definition) is 2. The quantitative estimate of drug-likeness (QED) is 0.0792. The van der Waals surface area contributed by atoms with E-state index in [2.05, 4.69) is 17.1 Å². The second-order valence-electron chi connectivity index (χ2n) is 11.2. The van der Waals surface area contributed by atoms with E-state index in [1.165, 1.54) is 32.1 Å². The summed E-state index contributed by atoms with van der Waals surface area (Å²) >= 11 is 7.54. The normalized spacial score (nSPS) is 11.3. The van der Waals surface area contributed by atoms with Crippen LogP contribution in [0.5, 0.6) is 5.75 Å². The number of aromatic nitrogens is 3. The van der Waals surface area contributed by atoms with Crippen molar-refractivity contribution in [1.29, 1.82) is 0 Å². The Kier molecular flexibility index (Phi) is 12.0. The van der Waals surface area contributed by atoms with Crippen LogP contribution in [-0.4, -0.2) is 31.4 Å². The predicted octanol–water partition coefficient (Wildman–Crippen LogP) is 9.21. The molecule has 2 aliphatic heterocycles. The van der Waals surface area contributed by atoms with Crippen LogP contribution in [0.25, 0.3) is 17.1 Å². The molecule has 3 aromatic carbocycles. The highest BCUT2D eigenvalue weighted by Gasteiger charge is 2.21. The zero-order valence-corrected chi connectivity index (χ0v) is 26.6. The Balaban J connectivity index is 1.23. The van der Waals surface area contributed by atoms with Crippen LogP contribution in [0.15, 0.2) is 89.9 Å². The molecule has 0 amide bonds. The molecule has 44 heavy (non-hydrogen) atoms.